The van der Waals surface area contributed by atoms with Crippen molar-refractivity contribution in [3.05, 3.63) is 65.0 Å². The monoisotopic (exact) mass is 576 g/mol. The van der Waals surface area contributed by atoms with Crippen LogP contribution < -0.4 is 15.5 Å². The minimum Gasteiger partial charge on any atom is -0.370 e. The summed E-state index contributed by atoms with van der Waals surface area (Å²) in [5.74, 6) is 0.0689. The molecule has 9 heteroatoms. The van der Waals surface area contributed by atoms with Gasteiger partial charge in [0.2, 0.25) is 0 Å². The van der Waals surface area contributed by atoms with E-state index in [4.69, 9.17) is 0 Å². The largest absolute Gasteiger partial charge is 0.370 e. The zero-order chi connectivity index (χ0) is 22.9. The van der Waals surface area contributed by atoms with E-state index in [-0.39, 0.29) is 36.3 Å². The van der Waals surface area contributed by atoms with Crippen molar-refractivity contribution in [1.82, 2.24) is 10.6 Å². The maximum atomic E-state index is 13.7. The Morgan fingerprint density at radius 2 is 1.81 bits per heavy atom. The lowest BCUT2D eigenvalue weighted by molar-refractivity contribution is 0.600. The number of nitrogens with zero attached hydrogens (tertiary/aromatic N) is 2. The van der Waals surface area contributed by atoms with E-state index in [9.17, 15) is 12.8 Å². The van der Waals surface area contributed by atoms with Gasteiger partial charge in [-0.05, 0) is 55.7 Å². The van der Waals surface area contributed by atoms with Crippen LogP contribution in [0, 0.1) is 12.7 Å². The second-order valence-corrected chi connectivity index (χ2v) is 9.61. The number of hydrogen-bond donors (Lipinski definition) is 2. The number of benzene rings is 2. The smallest absolute Gasteiger partial charge is 0.191 e. The van der Waals surface area contributed by atoms with Gasteiger partial charge >= 0.3 is 0 Å². The normalized spacial score (nSPS) is 11.6. The molecule has 0 amide bonds. The maximum Gasteiger partial charge on any atom is 0.191 e. The Hall–Kier alpha value is -1.88. The first kappa shape index (κ1) is 28.2. The first-order valence-corrected chi connectivity index (χ1v) is 12.6. The van der Waals surface area contributed by atoms with Crippen LogP contribution in [-0.2, 0) is 22.1 Å². The Kier molecular flexibility index (Phi) is 12.0. The zero-order valence-electron chi connectivity index (χ0n) is 19.2. The van der Waals surface area contributed by atoms with Crippen molar-refractivity contribution in [1.29, 1.82) is 0 Å². The molecule has 2 aromatic rings. The van der Waals surface area contributed by atoms with Crippen LogP contribution in [-0.4, -0.2) is 46.8 Å². The molecule has 0 saturated heterocycles. The molecule has 2 N–H and O–H groups in total. The van der Waals surface area contributed by atoms with E-state index >= 15 is 0 Å². The molecule has 0 fully saturated rings. The third-order valence-electron chi connectivity index (χ3n) is 4.85. The average molecular weight is 577 g/mol. The summed E-state index contributed by atoms with van der Waals surface area (Å²) >= 11 is 0. The molecular weight excluding hydrogens is 542 g/mol. The molecule has 0 atom stereocenters. The first-order valence-electron chi connectivity index (χ1n) is 10.5. The molecule has 0 aliphatic carbocycles. The number of anilines is 1. The Labute approximate surface area is 208 Å². The second kappa shape index (κ2) is 13.6. The lowest BCUT2D eigenvalue weighted by atomic mass is 10.1. The zero-order valence-corrected chi connectivity index (χ0v) is 22.3. The molecule has 0 saturated carbocycles. The molecule has 0 aliphatic rings. The Morgan fingerprint density at radius 1 is 1.09 bits per heavy atom. The molecule has 0 spiro atoms. The van der Waals surface area contributed by atoms with Gasteiger partial charge in [0.25, 0.3) is 0 Å². The first-order chi connectivity index (χ1) is 14.7. The molecule has 0 aliphatic heterocycles. The standard InChI is InChI=1S/C23H33FN4O2S.HI/c1-5-25-23(26-13-14-28(6-2)22-10-8-7-9-18(22)3)27-16-20-15-21(24)12-11-19(20)17-31(4,29)30;/h7-12,15H,5-6,13-14,16-17H2,1-4H3,(H2,25,26,27);1H. The van der Waals surface area contributed by atoms with Crippen LogP contribution >= 0.6 is 24.0 Å². The highest BCUT2D eigenvalue weighted by Crippen LogP contribution is 2.18. The fourth-order valence-electron chi connectivity index (χ4n) is 3.35. The summed E-state index contributed by atoms with van der Waals surface area (Å²) in [5.41, 5.74) is 3.58. The van der Waals surface area contributed by atoms with Crippen LogP contribution in [0.2, 0.25) is 0 Å². The summed E-state index contributed by atoms with van der Waals surface area (Å²) < 4.78 is 37.1. The van der Waals surface area contributed by atoms with E-state index in [1.54, 1.807) is 0 Å². The summed E-state index contributed by atoms with van der Waals surface area (Å²) in [6.45, 7) is 9.42. The van der Waals surface area contributed by atoms with Crippen molar-refractivity contribution in [3.8, 4) is 0 Å². The number of halogens is 2. The van der Waals surface area contributed by atoms with E-state index < -0.39 is 15.7 Å². The fraction of sp³-hybridized carbons (Fsp3) is 0.435. The van der Waals surface area contributed by atoms with Gasteiger partial charge in [0.1, 0.15) is 5.82 Å². The molecular formula is C23H34FIN4O2S. The summed E-state index contributed by atoms with van der Waals surface area (Å²) in [6, 6.07) is 12.4. The number of likely N-dealkylation sites (N-methyl/N-ethyl adjacent to an activating group) is 1. The predicted octanol–water partition coefficient (Wildman–Crippen LogP) is 3.88. The van der Waals surface area contributed by atoms with E-state index in [0.717, 1.165) is 13.1 Å². The van der Waals surface area contributed by atoms with Crippen LogP contribution in [0.25, 0.3) is 0 Å². The average Bonchev–Trinajstić information content (AvgIpc) is 2.71. The second-order valence-electron chi connectivity index (χ2n) is 7.47. The number of rotatable bonds is 10. The van der Waals surface area contributed by atoms with E-state index in [0.29, 0.717) is 30.2 Å². The van der Waals surface area contributed by atoms with Gasteiger partial charge in [-0.15, -0.1) is 24.0 Å². The summed E-state index contributed by atoms with van der Waals surface area (Å²) in [7, 11) is -3.23. The molecule has 0 unspecified atom stereocenters. The molecule has 0 heterocycles. The van der Waals surface area contributed by atoms with Gasteiger partial charge in [-0.25, -0.2) is 17.8 Å². The van der Waals surface area contributed by atoms with Crippen LogP contribution in [0.3, 0.4) is 0 Å². The summed E-state index contributed by atoms with van der Waals surface area (Å²) in [6.07, 6.45) is 1.17. The molecule has 0 aromatic heterocycles. The van der Waals surface area contributed by atoms with Gasteiger partial charge in [0.15, 0.2) is 15.8 Å². The van der Waals surface area contributed by atoms with Gasteiger partial charge in [-0.2, -0.15) is 0 Å². The fourth-order valence-corrected chi connectivity index (χ4v) is 4.19. The van der Waals surface area contributed by atoms with Gasteiger partial charge in [-0.1, -0.05) is 24.3 Å². The molecule has 2 aromatic carbocycles. The van der Waals surface area contributed by atoms with E-state index in [1.807, 2.05) is 19.1 Å². The number of hydrogen-bond acceptors (Lipinski definition) is 4. The van der Waals surface area contributed by atoms with Crippen molar-refractivity contribution < 1.29 is 12.8 Å². The number of aryl methyl sites for hydroxylation is 1. The highest BCUT2D eigenvalue weighted by molar-refractivity contribution is 14.0. The van der Waals surface area contributed by atoms with Crippen molar-refractivity contribution in [2.45, 2.75) is 33.1 Å². The number of para-hydroxylation sites is 1. The number of guanidine groups is 1. The molecule has 0 bridgehead atoms. The number of aliphatic imine (C=N–C) groups is 1. The van der Waals surface area contributed by atoms with Crippen LogP contribution in [0.15, 0.2) is 47.5 Å². The minimum atomic E-state index is -3.23. The maximum absolute atomic E-state index is 13.7. The molecule has 0 radical (unpaired) electrons. The Bertz CT molecular complexity index is 999. The molecule has 6 nitrogen and oxygen atoms in total. The van der Waals surface area contributed by atoms with Crippen LogP contribution in [0.1, 0.15) is 30.5 Å². The van der Waals surface area contributed by atoms with Crippen molar-refractivity contribution in [2.24, 2.45) is 4.99 Å². The summed E-state index contributed by atoms with van der Waals surface area (Å²) in [5, 5.41) is 6.50. The van der Waals surface area contributed by atoms with Gasteiger partial charge < -0.3 is 15.5 Å². The van der Waals surface area contributed by atoms with Crippen LogP contribution in [0.4, 0.5) is 10.1 Å². The lowest BCUT2D eigenvalue weighted by Gasteiger charge is -2.25. The van der Waals surface area contributed by atoms with Gasteiger partial charge in [0.05, 0.1) is 12.3 Å². The van der Waals surface area contributed by atoms with E-state index in [2.05, 4.69) is 46.5 Å². The SMILES string of the molecule is CCNC(=NCc1cc(F)ccc1CS(C)(=O)=O)NCCN(CC)c1ccccc1C.I. The minimum absolute atomic E-state index is 0. The van der Waals surface area contributed by atoms with Gasteiger partial charge in [0, 0.05) is 38.1 Å². The lowest BCUT2D eigenvalue weighted by Crippen LogP contribution is -2.41. The number of sulfone groups is 1. The third kappa shape index (κ3) is 9.32. The Morgan fingerprint density at radius 3 is 2.44 bits per heavy atom. The highest BCUT2D eigenvalue weighted by Gasteiger charge is 2.11. The predicted molar refractivity (Wildman–Crippen MR) is 142 cm³/mol. The quantitative estimate of drug-likeness (QED) is 0.255. The van der Waals surface area contributed by atoms with Crippen molar-refractivity contribution >= 4 is 45.5 Å². The molecule has 2 rings (SSSR count). The van der Waals surface area contributed by atoms with Crippen LogP contribution in [0.5, 0.6) is 0 Å². The molecule has 32 heavy (non-hydrogen) atoms. The van der Waals surface area contributed by atoms with Crippen molar-refractivity contribution in [3.63, 3.8) is 0 Å². The Balaban J connectivity index is 0.00000512. The van der Waals surface area contributed by atoms with E-state index in [1.165, 1.54) is 35.7 Å². The van der Waals surface area contributed by atoms with Gasteiger partial charge in [-0.3, -0.25) is 0 Å². The van der Waals surface area contributed by atoms with Crippen molar-refractivity contribution in [2.75, 3.05) is 37.3 Å². The highest BCUT2D eigenvalue weighted by atomic mass is 127. The number of nitrogens with one attached hydrogen (secondary N) is 2. The topological polar surface area (TPSA) is 73.8 Å². The third-order valence-corrected chi connectivity index (χ3v) is 5.69. The molecule has 178 valence electrons. The summed E-state index contributed by atoms with van der Waals surface area (Å²) in [4.78, 5) is 6.84.